The normalized spacial score (nSPS) is 11.5. The van der Waals surface area contributed by atoms with Crippen LogP contribution in [0.1, 0.15) is 42.3 Å². The van der Waals surface area contributed by atoms with Crippen molar-refractivity contribution < 1.29 is 9.21 Å². The van der Waals surface area contributed by atoms with E-state index in [0.29, 0.717) is 34.7 Å². The second kappa shape index (κ2) is 8.40. The van der Waals surface area contributed by atoms with Gasteiger partial charge < -0.3 is 9.73 Å². The number of benzene rings is 2. The van der Waals surface area contributed by atoms with Gasteiger partial charge in [0.25, 0.3) is 5.91 Å². The highest BCUT2D eigenvalue weighted by Crippen LogP contribution is 2.24. The average molecular weight is 435 g/mol. The standard InChI is InChI=1S/C24H23ClN4O2/c1-24(2,3)18-12-10-16(11-13-18)22(30)29-23(26-15-17-7-4-5-8-19(17)25)27-21(28-29)20-9-6-14-31-20/h4-14H,15H2,1-3H3,(H,26,27,28). The van der Waals surface area contributed by atoms with Gasteiger partial charge in [-0.2, -0.15) is 9.67 Å². The summed E-state index contributed by atoms with van der Waals surface area (Å²) in [4.78, 5) is 17.7. The Morgan fingerprint density at radius 2 is 1.81 bits per heavy atom. The third kappa shape index (κ3) is 4.54. The molecule has 2 heterocycles. The largest absolute Gasteiger partial charge is 0.461 e. The van der Waals surface area contributed by atoms with Gasteiger partial charge in [-0.3, -0.25) is 4.79 Å². The van der Waals surface area contributed by atoms with Crippen LogP contribution in [-0.2, 0) is 12.0 Å². The molecule has 0 atom stereocenters. The van der Waals surface area contributed by atoms with E-state index < -0.39 is 0 Å². The summed E-state index contributed by atoms with van der Waals surface area (Å²) in [5.74, 6) is 0.838. The lowest BCUT2D eigenvalue weighted by molar-refractivity contribution is 0.0947. The molecule has 6 nitrogen and oxygen atoms in total. The van der Waals surface area contributed by atoms with Crippen LogP contribution in [0.2, 0.25) is 5.02 Å². The van der Waals surface area contributed by atoms with Gasteiger partial charge in [-0.05, 0) is 46.9 Å². The minimum Gasteiger partial charge on any atom is -0.461 e. The van der Waals surface area contributed by atoms with E-state index in [1.54, 1.807) is 18.4 Å². The van der Waals surface area contributed by atoms with Crippen molar-refractivity contribution in [3.05, 3.63) is 88.6 Å². The fraction of sp³-hybridized carbons (Fsp3) is 0.208. The first kappa shape index (κ1) is 20.9. The Bertz CT molecular complexity index is 1190. The Balaban J connectivity index is 1.66. The Morgan fingerprint density at radius 3 is 2.45 bits per heavy atom. The van der Waals surface area contributed by atoms with Gasteiger partial charge in [-0.15, -0.1) is 5.10 Å². The molecule has 2 aromatic carbocycles. The molecule has 0 aliphatic carbocycles. The van der Waals surface area contributed by atoms with E-state index in [2.05, 4.69) is 36.2 Å². The molecule has 31 heavy (non-hydrogen) atoms. The number of furan rings is 1. The second-order valence-electron chi connectivity index (χ2n) is 8.23. The third-order valence-corrected chi connectivity index (χ3v) is 5.30. The second-order valence-corrected chi connectivity index (χ2v) is 8.63. The highest BCUT2D eigenvalue weighted by atomic mass is 35.5. The van der Waals surface area contributed by atoms with Crippen LogP contribution in [0.5, 0.6) is 0 Å². The Hall–Kier alpha value is -3.38. The first-order valence-corrected chi connectivity index (χ1v) is 10.3. The lowest BCUT2D eigenvalue weighted by Gasteiger charge is -2.19. The summed E-state index contributed by atoms with van der Waals surface area (Å²) in [5, 5.41) is 8.22. The molecular weight excluding hydrogens is 412 g/mol. The van der Waals surface area contributed by atoms with E-state index in [-0.39, 0.29) is 11.3 Å². The van der Waals surface area contributed by atoms with Crippen molar-refractivity contribution in [1.29, 1.82) is 0 Å². The van der Waals surface area contributed by atoms with Crippen molar-refractivity contribution in [1.82, 2.24) is 14.8 Å². The summed E-state index contributed by atoms with van der Waals surface area (Å²) < 4.78 is 6.67. The van der Waals surface area contributed by atoms with Crippen molar-refractivity contribution in [2.24, 2.45) is 0 Å². The zero-order valence-corrected chi connectivity index (χ0v) is 18.3. The molecule has 0 unspecified atom stereocenters. The highest BCUT2D eigenvalue weighted by Gasteiger charge is 2.21. The number of nitrogens with one attached hydrogen (secondary N) is 1. The quantitative estimate of drug-likeness (QED) is 0.430. The van der Waals surface area contributed by atoms with Crippen LogP contribution in [0.3, 0.4) is 0 Å². The van der Waals surface area contributed by atoms with Crippen LogP contribution >= 0.6 is 11.6 Å². The third-order valence-electron chi connectivity index (χ3n) is 4.93. The molecule has 4 aromatic rings. The van der Waals surface area contributed by atoms with Gasteiger partial charge in [0.15, 0.2) is 5.76 Å². The van der Waals surface area contributed by atoms with Crippen molar-refractivity contribution in [2.75, 3.05) is 5.32 Å². The minimum absolute atomic E-state index is 0.00293. The van der Waals surface area contributed by atoms with Crippen LogP contribution < -0.4 is 5.32 Å². The van der Waals surface area contributed by atoms with E-state index in [4.69, 9.17) is 16.0 Å². The number of halogens is 1. The molecule has 158 valence electrons. The number of rotatable bonds is 5. The molecule has 0 saturated carbocycles. The Kier molecular flexibility index (Phi) is 5.65. The summed E-state index contributed by atoms with van der Waals surface area (Å²) in [6.45, 7) is 6.79. The topological polar surface area (TPSA) is 73.0 Å². The van der Waals surface area contributed by atoms with E-state index >= 15 is 0 Å². The SMILES string of the molecule is CC(C)(C)c1ccc(C(=O)n2nc(-c3ccco3)nc2NCc2ccccc2Cl)cc1. The predicted molar refractivity (Wildman–Crippen MR) is 121 cm³/mol. The van der Waals surface area contributed by atoms with Crippen LogP contribution in [-0.4, -0.2) is 20.7 Å². The molecule has 4 rings (SSSR count). The van der Waals surface area contributed by atoms with Crippen molar-refractivity contribution in [2.45, 2.75) is 32.7 Å². The first-order valence-electron chi connectivity index (χ1n) is 9.96. The van der Waals surface area contributed by atoms with Gasteiger partial charge in [0.05, 0.1) is 6.26 Å². The highest BCUT2D eigenvalue weighted by molar-refractivity contribution is 6.31. The molecular formula is C24H23ClN4O2. The molecule has 2 aromatic heterocycles. The first-order chi connectivity index (χ1) is 14.8. The molecule has 0 saturated heterocycles. The summed E-state index contributed by atoms with van der Waals surface area (Å²) in [6, 6.07) is 18.6. The van der Waals surface area contributed by atoms with Gasteiger partial charge in [0.1, 0.15) is 0 Å². The van der Waals surface area contributed by atoms with Crippen molar-refractivity contribution >= 4 is 23.5 Å². The summed E-state index contributed by atoms with van der Waals surface area (Å²) >= 11 is 6.26. The average Bonchev–Trinajstić information content (AvgIpc) is 3.42. The number of hydrogen-bond acceptors (Lipinski definition) is 5. The number of nitrogens with zero attached hydrogens (tertiary/aromatic N) is 3. The molecule has 7 heteroatoms. The van der Waals surface area contributed by atoms with E-state index in [1.807, 2.05) is 48.5 Å². The zero-order valence-electron chi connectivity index (χ0n) is 17.6. The van der Waals surface area contributed by atoms with Crippen molar-refractivity contribution in [3.8, 4) is 11.6 Å². The van der Waals surface area contributed by atoms with Gasteiger partial charge in [-0.1, -0.05) is 62.7 Å². The maximum absolute atomic E-state index is 13.3. The molecule has 0 radical (unpaired) electrons. The fourth-order valence-electron chi connectivity index (χ4n) is 3.13. The monoisotopic (exact) mass is 434 g/mol. The lowest BCUT2D eigenvalue weighted by atomic mass is 9.87. The fourth-order valence-corrected chi connectivity index (χ4v) is 3.33. The van der Waals surface area contributed by atoms with E-state index in [9.17, 15) is 4.79 Å². The summed E-state index contributed by atoms with van der Waals surface area (Å²) in [6.07, 6.45) is 1.54. The molecule has 0 amide bonds. The van der Waals surface area contributed by atoms with Gasteiger partial charge in [0, 0.05) is 17.1 Å². The van der Waals surface area contributed by atoms with Gasteiger partial charge in [0.2, 0.25) is 11.8 Å². The number of hydrogen-bond donors (Lipinski definition) is 1. The molecule has 0 aliphatic heterocycles. The lowest BCUT2D eigenvalue weighted by Crippen LogP contribution is -2.18. The minimum atomic E-state index is -0.285. The van der Waals surface area contributed by atoms with Crippen molar-refractivity contribution in [3.63, 3.8) is 0 Å². The molecule has 0 bridgehead atoms. The number of carbonyl (C=O) groups excluding carboxylic acids is 1. The van der Waals surface area contributed by atoms with Crippen LogP contribution in [0.4, 0.5) is 5.95 Å². The van der Waals surface area contributed by atoms with Gasteiger partial charge in [-0.25, -0.2) is 0 Å². The van der Waals surface area contributed by atoms with E-state index in [1.165, 1.54) is 4.68 Å². The van der Waals surface area contributed by atoms with Crippen LogP contribution in [0.25, 0.3) is 11.6 Å². The number of aromatic nitrogens is 3. The number of carbonyl (C=O) groups is 1. The van der Waals surface area contributed by atoms with Gasteiger partial charge >= 0.3 is 0 Å². The van der Waals surface area contributed by atoms with E-state index in [0.717, 1.165) is 11.1 Å². The Labute approximate surface area is 185 Å². The Morgan fingerprint density at radius 1 is 1.06 bits per heavy atom. The molecule has 0 spiro atoms. The smallest absolute Gasteiger partial charge is 0.281 e. The summed E-state index contributed by atoms with van der Waals surface area (Å²) in [7, 11) is 0. The number of anilines is 1. The maximum Gasteiger partial charge on any atom is 0.281 e. The molecule has 0 aliphatic rings. The molecule has 1 N–H and O–H groups in total. The van der Waals surface area contributed by atoms with Crippen LogP contribution in [0, 0.1) is 0 Å². The predicted octanol–water partition coefficient (Wildman–Crippen LogP) is 5.79. The van der Waals surface area contributed by atoms with Crippen LogP contribution in [0.15, 0.2) is 71.3 Å². The maximum atomic E-state index is 13.3. The summed E-state index contributed by atoms with van der Waals surface area (Å²) in [5.41, 5.74) is 2.56. The zero-order chi connectivity index (χ0) is 22.0. The molecule has 0 fully saturated rings.